The lowest BCUT2D eigenvalue weighted by Crippen LogP contribution is -2.42. The van der Waals surface area contributed by atoms with Gasteiger partial charge in [0.25, 0.3) is 0 Å². The van der Waals surface area contributed by atoms with Gasteiger partial charge in [0, 0.05) is 12.1 Å². The molecule has 1 saturated heterocycles. The number of carbonyl (C=O) groups excluding carboxylic acids is 2. The number of carbonyl (C=O) groups is 2. The maximum Gasteiger partial charge on any atom is 0.239 e. The lowest BCUT2D eigenvalue weighted by Gasteiger charge is -2.29. The minimum Gasteiger partial charge on any atom is -0.496 e. The second-order valence-electron chi connectivity index (χ2n) is 7.24. The van der Waals surface area contributed by atoms with Gasteiger partial charge in [-0.2, -0.15) is 0 Å². The van der Waals surface area contributed by atoms with Gasteiger partial charge in [0.1, 0.15) is 5.75 Å². The standard InChI is InChI=1S/C23H29N3O3/c1-29-21-12-6-5-11-19(21)20(26-13-7-8-14-26)16-24-23(28)17-25-22(27)15-18-9-3-2-4-10-18/h2-6,9-12,20H,7-8,13-17H2,1H3,(H,24,28)(H,25,27). The minimum atomic E-state index is -0.189. The molecule has 1 aliphatic rings. The third-order valence-corrected chi connectivity index (χ3v) is 5.23. The third-order valence-electron chi connectivity index (χ3n) is 5.23. The van der Waals surface area contributed by atoms with Crippen LogP contribution in [0, 0.1) is 0 Å². The van der Waals surface area contributed by atoms with Crippen molar-refractivity contribution in [2.45, 2.75) is 25.3 Å². The number of likely N-dealkylation sites (tertiary alicyclic amines) is 1. The van der Waals surface area contributed by atoms with E-state index in [2.05, 4.69) is 21.6 Å². The lowest BCUT2D eigenvalue weighted by molar-refractivity contribution is -0.125. The molecule has 1 unspecified atom stereocenters. The Morgan fingerprint density at radius 1 is 0.966 bits per heavy atom. The number of para-hydroxylation sites is 1. The summed E-state index contributed by atoms with van der Waals surface area (Å²) in [5, 5.41) is 5.68. The van der Waals surface area contributed by atoms with Crippen LogP contribution in [-0.4, -0.2) is 50.0 Å². The first kappa shape index (κ1) is 20.9. The Kier molecular flexibility index (Phi) is 7.64. The van der Waals surface area contributed by atoms with Crippen molar-refractivity contribution in [1.29, 1.82) is 0 Å². The van der Waals surface area contributed by atoms with Crippen molar-refractivity contribution in [1.82, 2.24) is 15.5 Å². The Labute approximate surface area is 172 Å². The van der Waals surface area contributed by atoms with Gasteiger partial charge in [-0.15, -0.1) is 0 Å². The zero-order chi connectivity index (χ0) is 20.5. The van der Waals surface area contributed by atoms with Crippen LogP contribution in [0.5, 0.6) is 5.75 Å². The Hall–Kier alpha value is -2.86. The van der Waals surface area contributed by atoms with Crippen LogP contribution in [0.2, 0.25) is 0 Å². The quantitative estimate of drug-likeness (QED) is 0.684. The molecule has 29 heavy (non-hydrogen) atoms. The Balaban J connectivity index is 1.53. The van der Waals surface area contributed by atoms with Crippen molar-refractivity contribution in [2.75, 3.05) is 33.3 Å². The summed E-state index contributed by atoms with van der Waals surface area (Å²) in [5.74, 6) is 0.479. The fraction of sp³-hybridized carbons (Fsp3) is 0.391. The van der Waals surface area contributed by atoms with Crippen LogP contribution in [0.25, 0.3) is 0 Å². The van der Waals surface area contributed by atoms with E-state index in [-0.39, 0.29) is 30.8 Å². The van der Waals surface area contributed by atoms with Crippen LogP contribution < -0.4 is 15.4 Å². The first-order valence-electron chi connectivity index (χ1n) is 10.1. The van der Waals surface area contributed by atoms with E-state index in [4.69, 9.17) is 4.74 Å². The number of benzene rings is 2. The number of hydrogen-bond acceptors (Lipinski definition) is 4. The summed E-state index contributed by atoms with van der Waals surface area (Å²) in [6.07, 6.45) is 2.59. The molecule has 1 heterocycles. The molecule has 0 radical (unpaired) electrons. The van der Waals surface area contributed by atoms with Crippen LogP contribution in [-0.2, 0) is 16.0 Å². The highest BCUT2D eigenvalue weighted by atomic mass is 16.5. The number of nitrogens with zero attached hydrogens (tertiary/aromatic N) is 1. The van der Waals surface area contributed by atoms with E-state index < -0.39 is 0 Å². The SMILES string of the molecule is COc1ccccc1C(CNC(=O)CNC(=O)Cc1ccccc1)N1CCCC1. The van der Waals surface area contributed by atoms with Gasteiger partial charge in [-0.1, -0.05) is 48.5 Å². The molecular formula is C23H29N3O3. The number of ether oxygens (including phenoxy) is 1. The van der Waals surface area contributed by atoms with E-state index in [1.807, 2.05) is 48.5 Å². The molecule has 2 amide bonds. The van der Waals surface area contributed by atoms with Gasteiger partial charge in [0.2, 0.25) is 11.8 Å². The summed E-state index contributed by atoms with van der Waals surface area (Å²) < 4.78 is 5.53. The van der Waals surface area contributed by atoms with Gasteiger partial charge < -0.3 is 15.4 Å². The lowest BCUT2D eigenvalue weighted by atomic mass is 10.0. The van der Waals surface area contributed by atoms with Crippen molar-refractivity contribution in [3.63, 3.8) is 0 Å². The molecule has 3 rings (SSSR count). The van der Waals surface area contributed by atoms with E-state index in [0.717, 1.165) is 42.8 Å². The van der Waals surface area contributed by atoms with Gasteiger partial charge in [-0.3, -0.25) is 14.5 Å². The zero-order valence-corrected chi connectivity index (χ0v) is 16.9. The van der Waals surface area contributed by atoms with Gasteiger partial charge in [-0.05, 0) is 37.6 Å². The molecule has 0 spiro atoms. The van der Waals surface area contributed by atoms with Crippen molar-refractivity contribution in [2.24, 2.45) is 0 Å². The predicted octanol–water partition coefficient (Wildman–Crippen LogP) is 2.31. The van der Waals surface area contributed by atoms with E-state index >= 15 is 0 Å². The van der Waals surface area contributed by atoms with Crippen LogP contribution >= 0.6 is 0 Å². The average Bonchev–Trinajstić information content (AvgIpc) is 3.28. The molecule has 2 aromatic rings. The molecular weight excluding hydrogens is 366 g/mol. The van der Waals surface area contributed by atoms with E-state index in [9.17, 15) is 9.59 Å². The Morgan fingerprint density at radius 3 is 2.38 bits per heavy atom. The monoisotopic (exact) mass is 395 g/mol. The van der Waals surface area contributed by atoms with Crippen molar-refractivity contribution < 1.29 is 14.3 Å². The molecule has 6 nitrogen and oxygen atoms in total. The highest BCUT2D eigenvalue weighted by Crippen LogP contribution is 2.31. The summed E-state index contributed by atoms with van der Waals surface area (Å²) in [5.41, 5.74) is 2.00. The largest absolute Gasteiger partial charge is 0.496 e. The summed E-state index contributed by atoms with van der Waals surface area (Å²) in [6, 6.07) is 17.5. The molecule has 154 valence electrons. The molecule has 2 N–H and O–H groups in total. The highest BCUT2D eigenvalue weighted by molar-refractivity contribution is 5.85. The molecule has 0 aromatic heterocycles. The van der Waals surface area contributed by atoms with Crippen LogP contribution in [0.1, 0.15) is 30.0 Å². The maximum absolute atomic E-state index is 12.3. The zero-order valence-electron chi connectivity index (χ0n) is 16.9. The number of hydrogen-bond donors (Lipinski definition) is 2. The molecule has 1 atom stereocenters. The number of rotatable bonds is 9. The molecule has 2 aromatic carbocycles. The molecule has 1 fully saturated rings. The fourth-order valence-corrected chi connectivity index (χ4v) is 3.73. The van der Waals surface area contributed by atoms with Crippen LogP contribution in [0.15, 0.2) is 54.6 Å². The maximum atomic E-state index is 12.3. The predicted molar refractivity (Wildman–Crippen MR) is 113 cm³/mol. The Bertz CT molecular complexity index is 804. The number of amides is 2. The second-order valence-corrected chi connectivity index (χ2v) is 7.24. The topological polar surface area (TPSA) is 70.7 Å². The molecule has 0 bridgehead atoms. The highest BCUT2D eigenvalue weighted by Gasteiger charge is 2.26. The average molecular weight is 396 g/mol. The summed E-state index contributed by atoms with van der Waals surface area (Å²) >= 11 is 0. The fourth-order valence-electron chi connectivity index (χ4n) is 3.73. The first-order valence-corrected chi connectivity index (χ1v) is 10.1. The normalized spacial score (nSPS) is 14.9. The third kappa shape index (κ3) is 6.06. The summed E-state index contributed by atoms with van der Waals surface area (Å²) in [6.45, 7) is 2.47. The smallest absolute Gasteiger partial charge is 0.239 e. The van der Waals surface area contributed by atoms with E-state index in [0.29, 0.717) is 6.54 Å². The van der Waals surface area contributed by atoms with Crippen molar-refractivity contribution in [3.05, 3.63) is 65.7 Å². The van der Waals surface area contributed by atoms with Crippen LogP contribution in [0.4, 0.5) is 0 Å². The van der Waals surface area contributed by atoms with Crippen LogP contribution in [0.3, 0.4) is 0 Å². The number of methoxy groups -OCH3 is 1. The second kappa shape index (κ2) is 10.6. The molecule has 0 saturated carbocycles. The van der Waals surface area contributed by atoms with Crippen molar-refractivity contribution >= 4 is 11.8 Å². The van der Waals surface area contributed by atoms with E-state index in [1.165, 1.54) is 0 Å². The summed E-state index contributed by atoms with van der Waals surface area (Å²) in [4.78, 5) is 26.8. The van der Waals surface area contributed by atoms with Gasteiger partial charge >= 0.3 is 0 Å². The van der Waals surface area contributed by atoms with Crippen molar-refractivity contribution in [3.8, 4) is 5.75 Å². The van der Waals surface area contributed by atoms with E-state index in [1.54, 1.807) is 7.11 Å². The summed E-state index contributed by atoms with van der Waals surface area (Å²) in [7, 11) is 1.67. The Morgan fingerprint density at radius 2 is 1.66 bits per heavy atom. The first-order chi connectivity index (χ1) is 14.2. The minimum absolute atomic E-state index is 0.0235. The number of nitrogens with one attached hydrogen (secondary N) is 2. The molecule has 1 aliphatic heterocycles. The van der Waals surface area contributed by atoms with Gasteiger partial charge in [0.05, 0.1) is 26.1 Å². The van der Waals surface area contributed by atoms with Gasteiger partial charge in [-0.25, -0.2) is 0 Å². The van der Waals surface area contributed by atoms with Gasteiger partial charge in [0.15, 0.2) is 0 Å². The molecule has 6 heteroatoms. The molecule has 0 aliphatic carbocycles.